The lowest BCUT2D eigenvalue weighted by atomic mass is 9.72. The molecule has 4 aromatic rings. The van der Waals surface area contributed by atoms with Gasteiger partial charge in [-0.25, -0.2) is 0 Å². The molecule has 4 aromatic carbocycles. The van der Waals surface area contributed by atoms with Crippen molar-refractivity contribution in [3.8, 4) is 11.5 Å². The molecular weight excluding hydrogens is 714 g/mol. The quantitative estimate of drug-likeness (QED) is 0.0710. The summed E-state index contributed by atoms with van der Waals surface area (Å²) in [6, 6.07) is 9.51. The summed E-state index contributed by atoms with van der Waals surface area (Å²) in [7, 11) is -9.78. The molecule has 0 unspecified atom stereocenters. The van der Waals surface area contributed by atoms with Crippen LogP contribution in [0, 0.1) is 34.1 Å². The number of benzene rings is 4. The molecule has 0 N–H and O–H groups in total. The molecule has 0 bridgehead atoms. The molecule has 0 aliphatic carbocycles. The zero-order valence-corrected chi connectivity index (χ0v) is 26.3. The van der Waals surface area contributed by atoms with E-state index in [0.717, 1.165) is 24.3 Å². The number of aryl methyl sites for hydroxylation is 2. The SMILES string of the molecule is Cc1ccc(S(=O)(=O)Oc2ccc(C(c3ccc(OS(=O)(=O)c4ccc(C)cc4)c([N+](=O)[O-])c3)(C(F)(F)F)C(F)(F)F)cc2[N+](=O)[O-])cc1. The molecule has 0 aromatic heterocycles. The van der Waals surface area contributed by atoms with E-state index in [2.05, 4.69) is 0 Å². The van der Waals surface area contributed by atoms with Crippen LogP contribution in [0.2, 0.25) is 0 Å². The Balaban J connectivity index is 1.93. The van der Waals surface area contributed by atoms with Gasteiger partial charge in [-0.05, 0) is 61.4 Å². The van der Waals surface area contributed by atoms with Crippen molar-refractivity contribution in [2.45, 2.75) is 41.4 Å². The summed E-state index contributed by atoms with van der Waals surface area (Å²) in [6.07, 6.45) is -12.9. The molecule has 0 spiro atoms. The summed E-state index contributed by atoms with van der Waals surface area (Å²) >= 11 is 0. The molecule has 0 saturated heterocycles. The predicted molar refractivity (Wildman–Crippen MR) is 157 cm³/mol. The third-order valence-corrected chi connectivity index (χ3v) is 9.54. The lowest BCUT2D eigenvalue weighted by molar-refractivity contribution is -0.385. The number of halogens is 6. The Labute approximate surface area is 273 Å². The van der Waals surface area contributed by atoms with Gasteiger partial charge in [0.15, 0.2) is 0 Å². The number of nitrogens with zero attached hydrogens (tertiary/aromatic N) is 2. The first-order valence-electron chi connectivity index (χ1n) is 13.2. The van der Waals surface area contributed by atoms with Crippen molar-refractivity contribution < 1.29 is 61.4 Å². The van der Waals surface area contributed by atoms with E-state index in [1.807, 2.05) is 0 Å². The second-order valence-corrected chi connectivity index (χ2v) is 13.4. The molecular formula is C29H20F6N2O10S2. The Morgan fingerprint density at radius 2 is 0.857 bits per heavy atom. The van der Waals surface area contributed by atoms with Crippen LogP contribution in [0.3, 0.4) is 0 Å². The summed E-state index contributed by atoms with van der Waals surface area (Å²) in [5.74, 6) is -2.49. The third-order valence-electron chi connectivity index (χ3n) is 7.05. The Hall–Kier alpha value is -5.24. The molecule has 0 aliphatic heterocycles. The van der Waals surface area contributed by atoms with Crippen molar-refractivity contribution in [3.63, 3.8) is 0 Å². The van der Waals surface area contributed by atoms with Gasteiger partial charge in [0.05, 0.1) is 9.85 Å². The zero-order chi connectivity index (χ0) is 36.7. The van der Waals surface area contributed by atoms with Gasteiger partial charge in [-0.1, -0.05) is 47.5 Å². The first-order chi connectivity index (χ1) is 22.5. The number of hydrogen-bond acceptors (Lipinski definition) is 10. The third kappa shape index (κ3) is 7.00. The van der Waals surface area contributed by atoms with E-state index in [1.54, 1.807) is 13.8 Å². The van der Waals surface area contributed by atoms with Crippen molar-refractivity contribution >= 4 is 31.6 Å². The first-order valence-corrected chi connectivity index (χ1v) is 16.1. The highest BCUT2D eigenvalue weighted by Crippen LogP contribution is 2.58. The molecule has 12 nitrogen and oxygen atoms in total. The molecule has 0 aliphatic rings. The van der Waals surface area contributed by atoms with Crippen LogP contribution in [0.25, 0.3) is 0 Å². The van der Waals surface area contributed by atoms with E-state index in [1.165, 1.54) is 24.3 Å². The van der Waals surface area contributed by atoms with Crippen LogP contribution in [0.5, 0.6) is 11.5 Å². The number of alkyl halides is 6. The smallest absolute Gasteiger partial charge is 0.372 e. The zero-order valence-electron chi connectivity index (χ0n) is 24.6. The fraction of sp³-hybridized carbons (Fsp3) is 0.172. The Kier molecular flexibility index (Phi) is 9.45. The minimum atomic E-state index is -6.43. The second-order valence-electron chi connectivity index (χ2n) is 10.3. The van der Waals surface area contributed by atoms with Gasteiger partial charge in [-0.2, -0.15) is 43.2 Å². The van der Waals surface area contributed by atoms with Crippen LogP contribution in [-0.2, 0) is 25.7 Å². The number of rotatable bonds is 10. The maximum atomic E-state index is 14.8. The largest absolute Gasteiger partial charge is 0.411 e. The normalized spacial score (nSPS) is 12.7. The van der Waals surface area contributed by atoms with Crippen LogP contribution in [0.1, 0.15) is 22.3 Å². The molecule has 260 valence electrons. The van der Waals surface area contributed by atoms with Gasteiger partial charge in [-0.15, -0.1) is 0 Å². The Morgan fingerprint density at radius 1 is 0.551 bits per heavy atom. The molecule has 0 amide bonds. The van der Waals surface area contributed by atoms with Crippen molar-refractivity contribution in [1.82, 2.24) is 0 Å². The molecule has 49 heavy (non-hydrogen) atoms. The maximum Gasteiger partial charge on any atom is 0.411 e. The summed E-state index contributed by atoms with van der Waals surface area (Å²) < 4.78 is 149. The van der Waals surface area contributed by atoms with Crippen molar-refractivity contribution in [2.24, 2.45) is 0 Å². The average molecular weight is 735 g/mol. The topological polar surface area (TPSA) is 173 Å². The fourth-order valence-electron chi connectivity index (χ4n) is 4.65. The monoisotopic (exact) mass is 734 g/mol. The highest BCUT2D eigenvalue weighted by molar-refractivity contribution is 7.87. The number of nitro benzene ring substituents is 2. The number of nitro groups is 2. The van der Waals surface area contributed by atoms with Crippen LogP contribution < -0.4 is 8.37 Å². The van der Waals surface area contributed by atoms with Crippen LogP contribution in [-0.4, -0.2) is 39.0 Å². The number of hydrogen-bond donors (Lipinski definition) is 0. The van der Waals surface area contributed by atoms with Crippen LogP contribution in [0.15, 0.2) is 94.7 Å². The molecule has 0 saturated carbocycles. The van der Waals surface area contributed by atoms with Crippen molar-refractivity contribution in [3.05, 3.63) is 127 Å². The van der Waals surface area contributed by atoms with Crippen molar-refractivity contribution in [2.75, 3.05) is 0 Å². The molecule has 0 heterocycles. The van der Waals surface area contributed by atoms with Gasteiger partial charge >= 0.3 is 44.0 Å². The van der Waals surface area contributed by atoms with Gasteiger partial charge in [0, 0.05) is 12.1 Å². The fourth-order valence-corrected chi connectivity index (χ4v) is 6.54. The van der Waals surface area contributed by atoms with Crippen LogP contribution in [0.4, 0.5) is 37.7 Å². The standard InChI is InChI=1S/C29H20F6N2O10S2/c1-17-3-9-21(10-4-17)48(42,43)46-25-13-7-19(15-23(25)36(38)39)27(28(30,31)32,29(33,34)35)20-8-14-26(24(16-20)37(40)41)47-49(44,45)22-11-5-18(2)6-12-22/h3-16H,1-2H3. The van der Waals surface area contributed by atoms with Gasteiger partial charge in [0.25, 0.3) is 0 Å². The van der Waals surface area contributed by atoms with E-state index in [9.17, 15) is 63.4 Å². The van der Waals surface area contributed by atoms with Gasteiger partial charge in [0.1, 0.15) is 9.79 Å². The minimum absolute atomic E-state index is 0.0616. The first kappa shape index (κ1) is 36.6. The predicted octanol–water partition coefficient (Wildman–Crippen LogP) is 7.07. The average Bonchev–Trinajstić information content (AvgIpc) is 2.97. The van der Waals surface area contributed by atoms with Crippen LogP contribution >= 0.6 is 0 Å². The summed E-state index contributed by atoms with van der Waals surface area (Å²) in [6.45, 7) is 3.19. The highest BCUT2D eigenvalue weighted by atomic mass is 32.2. The molecule has 4 rings (SSSR count). The summed E-state index contributed by atoms with van der Waals surface area (Å²) in [5.41, 5.74) is -11.1. The maximum absolute atomic E-state index is 14.8. The Bertz CT molecular complexity index is 2000. The molecule has 0 fully saturated rings. The lowest BCUT2D eigenvalue weighted by Gasteiger charge is -2.38. The van der Waals surface area contributed by atoms with Crippen molar-refractivity contribution in [1.29, 1.82) is 0 Å². The molecule has 0 atom stereocenters. The van der Waals surface area contributed by atoms with Gasteiger partial charge in [-0.3, -0.25) is 20.2 Å². The van der Waals surface area contributed by atoms with E-state index in [4.69, 9.17) is 8.37 Å². The van der Waals surface area contributed by atoms with E-state index in [0.29, 0.717) is 11.1 Å². The Morgan fingerprint density at radius 3 is 1.12 bits per heavy atom. The highest BCUT2D eigenvalue weighted by Gasteiger charge is 2.73. The summed E-state index contributed by atoms with van der Waals surface area (Å²) in [4.78, 5) is 19.7. The lowest BCUT2D eigenvalue weighted by Crippen LogP contribution is -2.54. The van der Waals surface area contributed by atoms with Gasteiger partial charge in [0.2, 0.25) is 16.9 Å². The minimum Gasteiger partial charge on any atom is -0.372 e. The second kappa shape index (κ2) is 12.7. The molecule has 0 radical (unpaired) electrons. The van der Waals surface area contributed by atoms with E-state index < -0.39 is 91.6 Å². The molecule has 20 heteroatoms. The summed E-state index contributed by atoms with van der Waals surface area (Å²) in [5, 5.41) is 23.7. The van der Waals surface area contributed by atoms with E-state index >= 15 is 0 Å². The van der Waals surface area contributed by atoms with E-state index in [-0.39, 0.29) is 36.4 Å². The van der Waals surface area contributed by atoms with Gasteiger partial charge < -0.3 is 8.37 Å².